The molecule has 0 spiro atoms. The number of para-hydroxylation sites is 1. The van der Waals surface area contributed by atoms with E-state index < -0.39 is 15.9 Å². The minimum absolute atomic E-state index is 0.103. The van der Waals surface area contributed by atoms with E-state index in [1.165, 1.54) is 35.6 Å². The third-order valence-corrected chi connectivity index (χ3v) is 7.38. The number of halogens is 2. The number of benzene rings is 3. The van der Waals surface area contributed by atoms with Crippen LogP contribution in [0.5, 0.6) is 0 Å². The Kier molecular flexibility index (Phi) is 6.71. The highest BCUT2D eigenvalue weighted by atomic mass is 35.5. The topological polar surface area (TPSA) is 88.2 Å². The molecule has 6 nitrogen and oxygen atoms in total. The molecule has 10 heteroatoms. The third kappa shape index (κ3) is 5.36. The average molecular weight is 518 g/mol. The maximum absolute atomic E-state index is 12.9. The van der Waals surface area contributed by atoms with Gasteiger partial charge in [-0.2, -0.15) is 0 Å². The first-order valence-corrected chi connectivity index (χ1v) is 12.8. The summed E-state index contributed by atoms with van der Waals surface area (Å²) in [4.78, 5) is 17.5. The van der Waals surface area contributed by atoms with Gasteiger partial charge in [-0.05, 0) is 49.4 Å². The van der Waals surface area contributed by atoms with Gasteiger partial charge in [0.05, 0.1) is 26.9 Å². The van der Waals surface area contributed by atoms with Gasteiger partial charge in [-0.1, -0.05) is 53.0 Å². The first-order valence-electron chi connectivity index (χ1n) is 9.64. The molecule has 0 atom stereocenters. The van der Waals surface area contributed by atoms with Crippen LogP contribution >= 0.6 is 34.5 Å². The van der Waals surface area contributed by atoms with E-state index in [1.807, 2.05) is 6.92 Å². The fourth-order valence-electron chi connectivity index (χ4n) is 3.00. The van der Waals surface area contributed by atoms with Crippen LogP contribution in [0, 0.1) is 6.92 Å². The summed E-state index contributed by atoms with van der Waals surface area (Å²) in [6, 6.07) is 17.8. The quantitative estimate of drug-likeness (QED) is 0.306. The van der Waals surface area contributed by atoms with Crippen molar-refractivity contribution < 1.29 is 13.2 Å². The molecule has 0 aliphatic carbocycles. The van der Waals surface area contributed by atoms with Gasteiger partial charge in [-0.15, -0.1) is 11.3 Å². The lowest BCUT2D eigenvalue weighted by Gasteiger charge is -2.12. The molecule has 0 bridgehead atoms. The lowest BCUT2D eigenvalue weighted by atomic mass is 10.2. The number of aryl methyl sites for hydroxylation is 1. The maximum atomic E-state index is 12.9. The van der Waals surface area contributed by atoms with Crippen molar-refractivity contribution in [3.8, 4) is 11.3 Å². The number of carbonyl (C=O) groups is 1. The van der Waals surface area contributed by atoms with Crippen LogP contribution < -0.4 is 10.0 Å². The molecule has 0 unspecified atom stereocenters. The number of hydrogen-bond donors (Lipinski definition) is 2. The Morgan fingerprint density at radius 2 is 1.73 bits per heavy atom. The highest BCUT2D eigenvalue weighted by Gasteiger charge is 2.19. The number of nitrogens with zero attached hydrogens (tertiary/aromatic N) is 1. The van der Waals surface area contributed by atoms with Crippen LogP contribution in [0.1, 0.15) is 15.9 Å². The number of thiazole rings is 1. The van der Waals surface area contributed by atoms with Gasteiger partial charge in [0.2, 0.25) is 0 Å². The molecule has 1 heterocycles. The molecule has 0 aliphatic rings. The molecular weight excluding hydrogens is 501 g/mol. The Balaban J connectivity index is 1.56. The van der Waals surface area contributed by atoms with E-state index in [-0.39, 0.29) is 16.1 Å². The van der Waals surface area contributed by atoms with Crippen LogP contribution in [0.25, 0.3) is 11.3 Å². The Bertz CT molecular complexity index is 1440. The average Bonchev–Trinajstić information content (AvgIpc) is 3.24. The van der Waals surface area contributed by atoms with Crippen molar-refractivity contribution in [2.24, 2.45) is 0 Å². The molecule has 0 aliphatic heterocycles. The zero-order valence-electron chi connectivity index (χ0n) is 17.2. The SMILES string of the molecule is Cc1ccc(S(=O)(=O)Nc2ccccc2C(=O)Nc2nc(-c3cc(Cl)ccc3Cl)cs2)cc1. The standard InChI is InChI=1S/C23H17Cl2N3O3S2/c1-14-6-9-16(10-7-14)33(30,31)28-20-5-3-2-4-17(20)22(29)27-23-26-21(13-32-23)18-12-15(24)8-11-19(18)25/h2-13,28H,1H3,(H,26,27,29). The Morgan fingerprint density at radius 1 is 1.00 bits per heavy atom. The number of amides is 1. The van der Waals surface area contributed by atoms with Crippen molar-refractivity contribution in [1.29, 1.82) is 0 Å². The van der Waals surface area contributed by atoms with E-state index in [0.29, 0.717) is 26.4 Å². The fraction of sp³-hybridized carbons (Fsp3) is 0.0435. The van der Waals surface area contributed by atoms with Crippen LogP contribution in [0.2, 0.25) is 10.0 Å². The van der Waals surface area contributed by atoms with Gasteiger partial charge >= 0.3 is 0 Å². The van der Waals surface area contributed by atoms with Crippen LogP contribution in [-0.4, -0.2) is 19.3 Å². The monoisotopic (exact) mass is 517 g/mol. The van der Waals surface area contributed by atoms with Crippen molar-refractivity contribution in [2.75, 3.05) is 10.0 Å². The number of nitrogens with one attached hydrogen (secondary N) is 2. The van der Waals surface area contributed by atoms with Crippen LogP contribution in [0.4, 0.5) is 10.8 Å². The van der Waals surface area contributed by atoms with Crippen molar-refractivity contribution in [3.05, 3.63) is 93.3 Å². The molecular formula is C23H17Cl2N3O3S2. The summed E-state index contributed by atoms with van der Waals surface area (Å²) in [5, 5.41) is 5.80. The van der Waals surface area contributed by atoms with Crippen LogP contribution in [0.15, 0.2) is 77.0 Å². The number of hydrogen-bond acceptors (Lipinski definition) is 5. The fourth-order valence-corrected chi connectivity index (χ4v) is 5.18. The summed E-state index contributed by atoms with van der Waals surface area (Å²) in [7, 11) is -3.87. The summed E-state index contributed by atoms with van der Waals surface area (Å²) in [6.45, 7) is 1.87. The second-order valence-corrected chi connectivity index (χ2v) is 10.5. The van der Waals surface area contributed by atoms with Gasteiger partial charge in [0.25, 0.3) is 15.9 Å². The number of carbonyl (C=O) groups excluding carboxylic acids is 1. The number of sulfonamides is 1. The molecule has 1 aromatic heterocycles. The summed E-state index contributed by atoms with van der Waals surface area (Å²) in [5.41, 5.74) is 2.47. The molecule has 2 N–H and O–H groups in total. The predicted octanol–water partition coefficient (Wildman–Crippen LogP) is 6.48. The summed E-state index contributed by atoms with van der Waals surface area (Å²) < 4.78 is 28.1. The summed E-state index contributed by atoms with van der Waals surface area (Å²) >= 11 is 13.5. The number of anilines is 2. The second-order valence-electron chi connectivity index (χ2n) is 7.08. The zero-order chi connectivity index (χ0) is 23.6. The normalized spacial score (nSPS) is 11.2. The third-order valence-electron chi connectivity index (χ3n) is 4.68. The van der Waals surface area contributed by atoms with Crippen LogP contribution in [-0.2, 0) is 10.0 Å². The Hall–Kier alpha value is -2.91. The van der Waals surface area contributed by atoms with Gasteiger partial charge in [0, 0.05) is 16.0 Å². The van der Waals surface area contributed by atoms with E-state index in [4.69, 9.17) is 23.2 Å². The molecule has 0 radical (unpaired) electrons. The number of aromatic nitrogens is 1. The molecule has 168 valence electrons. The van der Waals surface area contributed by atoms with Crippen molar-refractivity contribution in [2.45, 2.75) is 11.8 Å². The number of rotatable bonds is 6. The summed E-state index contributed by atoms with van der Waals surface area (Å²) in [5.74, 6) is -0.504. The predicted molar refractivity (Wildman–Crippen MR) is 134 cm³/mol. The van der Waals surface area contributed by atoms with Crippen molar-refractivity contribution in [1.82, 2.24) is 4.98 Å². The van der Waals surface area contributed by atoms with E-state index in [1.54, 1.807) is 47.8 Å². The molecule has 1 amide bonds. The largest absolute Gasteiger partial charge is 0.298 e. The molecule has 4 aromatic rings. The van der Waals surface area contributed by atoms with E-state index >= 15 is 0 Å². The Morgan fingerprint density at radius 3 is 2.48 bits per heavy atom. The molecule has 0 saturated heterocycles. The van der Waals surface area contributed by atoms with Gasteiger partial charge in [0.15, 0.2) is 5.13 Å². The zero-order valence-corrected chi connectivity index (χ0v) is 20.3. The van der Waals surface area contributed by atoms with E-state index in [9.17, 15) is 13.2 Å². The maximum Gasteiger partial charge on any atom is 0.261 e. The van der Waals surface area contributed by atoms with Crippen molar-refractivity contribution in [3.63, 3.8) is 0 Å². The highest BCUT2D eigenvalue weighted by Crippen LogP contribution is 2.33. The van der Waals surface area contributed by atoms with Gasteiger partial charge in [-0.3, -0.25) is 14.8 Å². The van der Waals surface area contributed by atoms with Crippen LogP contribution in [0.3, 0.4) is 0 Å². The molecule has 0 fully saturated rings. The molecule has 33 heavy (non-hydrogen) atoms. The first kappa shape index (κ1) is 23.3. The van der Waals surface area contributed by atoms with Gasteiger partial charge in [0.1, 0.15) is 0 Å². The highest BCUT2D eigenvalue weighted by molar-refractivity contribution is 7.92. The van der Waals surface area contributed by atoms with Crippen molar-refractivity contribution >= 4 is 61.3 Å². The van der Waals surface area contributed by atoms with E-state index in [0.717, 1.165) is 5.56 Å². The lowest BCUT2D eigenvalue weighted by Crippen LogP contribution is -2.18. The minimum atomic E-state index is -3.87. The summed E-state index contributed by atoms with van der Waals surface area (Å²) in [6.07, 6.45) is 0. The van der Waals surface area contributed by atoms with Gasteiger partial charge in [-0.25, -0.2) is 13.4 Å². The molecule has 0 saturated carbocycles. The minimum Gasteiger partial charge on any atom is -0.298 e. The Labute approximate surface area is 205 Å². The van der Waals surface area contributed by atoms with Gasteiger partial charge < -0.3 is 0 Å². The van der Waals surface area contributed by atoms with E-state index in [2.05, 4.69) is 15.0 Å². The smallest absolute Gasteiger partial charge is 0.261 e. The second kappa shape index (κ2) is 9.52. The first-order chi connectivity index (χ1) is 15.7. The lowest BCUT2D eigenvalue weighted by molar-refractivity contribution is 0.102. The molecule has 3 aromatic carbocycles. The molecule has 4 rings (SSSR count).